The Hall–Kier alpha value is -2.37. The van der Waals surface area contributed by atoms with Crippen molar-refractivity contribution in [3.63, 3.8) is 0 Å². The molecule has 2 fully saturated rings. The maximum Gasteiger partial charge on any atom is 0.290 e. The molecule has 0 radical (unpaired) electrons. The van der Waals surface area contributed by atoms with Crippen molar-refractivity contribution in [2.24, 2.45) is 0 Å². The van der Waals surface area contributed by atoms with Crippen molar-refractivity contribution in [3.8, 4) is 0 Å². The Morgan fingerprint density at radius 2 is 1.81 bits per heavy atom. The van der Waals surface area contributed by atoms with E-state index >= 15 is 0 Å². The van der Waals surface area contributed by atoms with Gasteiger partial charge in [-0.1, -0.05) is 13.0 Å². The summed E-state index contributed by atoms with van der Waals surface area (Å²) in [5.74, 6) is 0.259. The SMILES string of the molecule is CCC1CCCCN1C(=O)c1nc(C(=O)N2CCCCC2)c2ccccn12. The Morgan fingerprint density at radius 3 is 2.59 bits per heavy atom. The van der Waals surface area contributed by atoms with Crippen molar-refractivity contribution in [2.45, 2.75) is 57.9 Å². The highest BCUT2D eigenvalue weighted by atomic mass is 16.2. The van der Waals surface area contributed by atoms with Gasteiger partial charge in [0.05, 0.1) is 5.52 Å². The van der Waals surface area contributed by atoms with E-state index in [9.17, 15) is 9.59 Å². The maximum absolute atomic E-state index is 13.3. The normalized spacial score (nSPS) is 20.9. The van der Waals surface area contributed by atoms with Gasteiger partial charge in [0.1, 0.15) is 0 Å². The number of imidazole rings is 1. The van der Waals surface area contributed by atoms with E-state index < -0.39 is 0 Å². The smallest absolute Gasteiger partial charge is 0.290 e. The molecule has 2 aliphatic rings. The molecule has 2 amide bonds. The topological polar surface area (TPSA) is 57.9 Å². The van der Waals surface area contributed by atoms with Crippen LogP contribution in [0.5, 0.6) is 0 Å². The van der Waals surface area contributed by atoms with Crippen molar-refractivity contribution in [2.75, 3.05) is 19.6 Å². The summed E-state index contributed by atoms with van der Waals surface area (Å²) < 4.78 is 1.79. The third kappa shape index (κ3) is 3.33. The summed E-state index contributed by atoms with van der Waals surface area (Å²) in [6, 6.07) is 5.93. The van der Waals surface area contributed by atoms with Crippen LogP contribution in [0.25, 0.3) is 5.52 Å². The molecule has 0 spiro atoms. The fourth-order valence-corrected chi connectivity index (χ4v) is 4.41. The predicted molar refractivity (Wildman–Crippen MR) is 104 cm³/mol. The highest BCUT2D eigenvalue weighted by Crippen LogP contribution is 2.24. The summed E-state index contributed by atoms with van der Waals surface area (Å²) in [5, 5.41) is 0. The number of hydrogen-bond acceptors (Lipinski definition) is 3. The summed E-state index contributed by atoms with van der Waals surface area (Å²) in [6.07, 6.45) is 9.29. The molecule has 0 aliphatic carbocycles. The number of rotatable bonds is 3. The molecule has 2 aromatic heterocycles. The minimum absolute atomic E-state index is 0.0527. The fraction of sp³-hybridized carbons (Fsp3) is 0.571. The largest absolute Gasteiger partial charge is 0.337 e. The van der Waals surface area contributed by atoms with Crippen LogP contribution in [-0.4, -0.2) is 56.7 Å². The molecule has 1 atom stereocenters. The lowest BCUT2D eigenvalue weighted by Gasteiger charge is -2.34. The fourth-order valence-electron chi connectivity index (χ4n) is 4.41. The molecule has 2 aliphatic heterocycles. The molecule has 2 aromatic rings. The lowest BCUT2D eigenvalue weighted by Crippen LogP contribution is -2.44. The molecule has 0 N–H and O–H groups in total. The molecular formula is C21H28N4O2. The Balaban J connectivity index is 1.71. The molecule has 0 saturated carbocycles. The third-order valence-corrected chi connectivity index (χ3v) is 5.94. The van der Waals surface area contributed by atoms with Crippen molar-refractivity contribution < 1.29 is 9.59 Å². The number of carbonyl (C=O) groups is 2. The van der Waals surface area contributed by atoms with Gasteiger partial charge in [-0.3, -0.25) is 14.0 Å². The van der Waals surface area contributed by atoms with Crippen LogP contribution in [0.15, 0.2) is 24.4 Å². The standard InChI is InChI=1S/C21H28N4O2/c1-2-16-10-4-8-14-24(16)21(27)19-22-18(17-11-5-9-15-25(17)19)20(26)23-12-6-3-7-13-23/h5,9,11,15-16H,2-4,6-8,10,12-14H2,1H3. The van der Waals surface area contributed by atoms with Crippen molar-refractivity contribution in [1.82, 2.24) is 19.2 Å². The van der Waals surface area contributed by atoms with E-state index in [4.69, 9.17) is 0 Å². The van der Waals surface area contributed by atoms with Gasteiger partial charge in [0, 0.05) is 31.9 Å². The van der Waals surface area contributed by atoms with Crippen LogP contribution in [0.2, 0.25) is 0 Å². The summed E-state index contributed by atoms with van der Waals surface area (Å²) in [7, 11) is 0. The van der Waals surface area contributed by atoms with Gasteiger partial charge in [-0.05, 0) is 57.1 Å². The van der Waals surface area contributed by atoms with Crippen LogP contribution in [0.1, 0.15) is 73.0 Å². The van der Waals surface area contributed by atoms with Crippen molar-refractivity contribution >= 4 is 17.3 Å². The number of pyridine rings is 1. The Morgan fingerprint density at radius 1 is 1.04 bits per heavy atom. The maximum atomic E-state index is 13.3. The van der Waals surface area contributed by atoms with Crippen LogP contribution in [0, 0.1) is 0 Å². The number of amides is 2. The predicted octanol–water partition coefficient (Wildman–Crippen LogP) is 3.37. The summed E-state index contributed by atoms with van der Waals surface area (Å²) >= 11 is 0. The van der Waals surface area contributed by atoms with Crippen molar-refractivity contribution in [1.29, 1.82) is 0 Å². The second kappa shape index (κ2) is 7.71. The van der Waals surface area contributed by atoms with Gasteiger partial charge >= 0.3 is 0 Å². The van der Waals surface area contributed by atoms with E-state index in [-0.39, 0.29) is 17.9 Å². The number of likely N-dealkylation sites (tertiary alicyclic amines) is 2. The lowest BCUT2D eigenvalue weighted by atomic mass is 10.00. The van der Waals surface area contributed by atoms with Crippen LogP contribution >= 0.6 is 0 Å². The van der Waals surface area contributed by atoms with Gasteiger partial charge < -0.3 is 9.80 Å². The van der Waals surface area contributed by atoms with Gasteiger partial charge in [-0.2, -0.15) is 0 Å². The van der Waals surface area contributed by atoms with E-state index in [0.717, 1.165) is 57.3 Å². The third-order valence-electron chi connectivity index (χ3n) is 5.94. The zero-order valence-corrected chi connectivity index (χ0v) is 16.1. The van der Waals surface area contributed by atoms with Crippen LogP contribution < -0.4 is 0 Å². The van der Waals surface area contributed by atoms with Crippen LogP contribution in [0.4, 0.5) is 0 Å². The van der Waals surface area contributed by atoms with Gasteiger partial charge in [-0.25, -0.2) is 4.98 Å². The number of nitrogens with zero attached hydrogens (tertiary/aromatic N) is 4. The highest BCUT2D eigenvalue weighted by molar-refractivity contribution is 6.02. The van der Waals surface area contributed by atoms with Crippen molar-refractivity contribution in [3.05, 3.63) is 35.9 Å². The lowest BCUT2D eigenvalue weighted by molar-refractivity contribution is 0.0594. The molecule has 1 unspecified atom stereocenters. The van der Waals surface area contributed by atoms with Gasteiger partial charge in [-0.15, -0.1) is 0 Å². The molecule has 6 heteroatoms. The van der Waals surface area contributed by atoms with Gasteiger partial charge in [0.2, 0.25) is 5.82 Å². The molecular weight excluding hydrogens is 340 g/mol. The quantitative estimate of drug-likeness (QED) is 0.835. The molecule has 27 heavy (non-hydrogen) atoms. The van der Waals surface area contributed by atoms with Crippen LogP contribution in [0.3, 0.4) is 0 Å². The minimum atomic E-state index is -0.0551. The Kier molecular flexibility index (Phi) is 5.14. The highest BCUT2D eigenvalue weighted by Gasteiger charge is 2.31. The zero-order valence-electron chi connectivity index (χ0n) is 16.1. The molecule has 144 valence electrons. The molecule has 4 rings (SSSR count). The number of fused-ring (bicyclic) bond motifs is 1. The number of aromatic nitrogens is 2. The van der Waals surface area contributed by atoms with E-state index in [1.165, 1.54) is 12.8 Å². The monoisotopic (exact) mass is 368 g/mol. The van der Waals surface area contributed by atoms with Crippen LogP contribution in [-0.2, 0) is 0 Å². The average Bonchev–Trinajstić information content (AvgIpc) is 3.13. The summed E-state index contributed by atoms with van der Waals surface area (Å²) in [4.78, 5) is 34.8. The minimum Gasteiger partial charge on any atom is -0.337 e. The second-order valence-electron chi connectivity index (χ2n) is 7.65. The number of hydrogen-bond donors (Lipinski definition) is 0. The molecule has 0 aromatic carbocycles. The summed E-state index contributed by atoms with van der Waals surface area (Å²) in [5.41, 5.74) is 1.13. The van der Waals surface area contributed by atoms with E-state index in [1.54, 1.807) is 4.40 Å². The molecule has 6 nitrogen and oxygen atoms in total. The summed E-state index contributed by atoms with van der Waals surface area (Å²) in [6.45, 7) is 4.45. The number of carbonyl (C=O) groups excluding carboxylic acids is 2. The van der Waals surface area contributed by atoms with Gasteiger partial charge in [0.25, 0.3) is 11.8 Å². The second-order valence-corrected chi connectivity index (χ2v) is 7.65. The van der Waals surface area contributed by atoms with E-state index in [1.807, 2.05) is 34.2 Å². The first-order valence-corrected chi connectivity index (χ1v) is 10.3. The number of piperidine rings is 2. The van der Waals surface area contributed by atoms with E-state index in [0.29, 0.717) is 11.5 Å². The molecule has 0 bridgehead atoms. The molecule has 4 heterocycles. The Bertz CT molecular complexity index is 838. The first-order valence-electron chi connectivity index (χ1n) is 10.3. The average molecular weight is 368 g/mol. The first kappa shape index (κ1) is 18.0. The first-order chi connectivity index (χ1) is 13.2. The van der Waals surface area contributed by atoms with Gasteiger partial charge in [0.15, 0.2) is 5.69 Å². The molecule has 2 saturated heterocycles. The Labute approximate surface area is 160 Å². The zero-order chi connectivity index (χ0) is 18.8. The van der Waals surface area contributed by atoms with E-state index in [2.05, 4.69) is 11.9 Å².